The lowest BCUT2D eigenvalue weighted by Gasteiger charge is -2.28. The van der Waals surface area contributed by atoms with Gasteiger partial charge in [0.25, 0.3) is 0 Å². The van der Waals surface area contributed by atoms with Crippen LogP contribution in [0.3, 0.4) is 0 Å². The average molecular weight is 466 g/mol. The maximum atomic E-state index is 5.54. The van der Waals surface area contributed by atoms with Crippen molar-refractivity contribution in [3.63, 3.8) is 0 Å². The zero-order valence-electron chi connectivity index (χ0n) is 15.4. The van der Waals surface area contributed by atoms with Crippen LogP contribution < -0.4 is 15.0 Å². The Hall–Kier alpha value is -1.31. The van der Waals surface area contributed by atoms with E-state index in [2.05, 4.69) is 44.9 Å². The fourth-order valence-electron chi connectivity index (χ4n) is 4.06. The number of benzene rings is 1. The molecule has 1 N–H and O–H groups in total. The highest BCUT2D eigenvalue weighted by Gasteiger charge is 2.20. The molecular weight excluding hydrogens is 439 g/mol. The quantitative estimate of drug-likeness (QED) is 0.645. The van der Waals surface area contributed by atoms with Crippen molar-refractivity contribution in [2.75, 3.05) is 30.4 Å². The van der Waals surface area contributed by atoms with Crippen LogP contribution in [-0.2, 0) is 0 Å². The molecule has 1 aliphatic carbocycles. The lowest BCUT2D eigenvalue weighted by Crippen LogP contribution is -2.31. The molecular formula is C20H27IN4O. The third kappa shape index (κ3) is 3.85. The van der Waals surface area contributed by atoms with E-state index in [1.54, 1.807) is 7.11 Å². The number of ether oxygens (including phenoxy) is 1. The van der Waals surface area contributed by atoms with E-state index in [1.165, 1.54) is 51.4 Å². The molecule has 1 aliphatic heterocycles. The standard InChI is InChI=1S/C20H27IN4O/c1-26-18-12-15-17(13-16(18)21)23-20(25-10-6-3-7-11-25)24-19(15)22-14-8-4-2-5-9-14/h12-14H,2-11H2,1H3,(H,22,23,24). The van der Waals surface area contributed by atoms with E-state index in [4.69, 9.17) is 14.7 Å². The number of nitrogens with zero attached hydrogens (tertiary/aromatic N) is 3. The van der Waals surface area contributed by atoms with E-state index in [9.17, 15) is 0 Å². The molecule has 0 amide bonds. The number of piperidine rings is 1. The molecule has 6 heteroatoms. The molecule has 0 bridgehead atoms. The summed E-state index contributed by atoms with van der Waals surface area (Å²) in [5, 5.41) is 4.80. The van der Waals surface area contributed by atoms with Crippen molar-refractivity contribution in [2.45, 2.75) is 57.4 Å². The highest BCUT2D eigenvalue weighted by atomic mass is 127. The number of methoxy groups -OCH3 is 1. The first-order valence-electron chi connectivity index (χ1n) is 9.81. The molecule has 1 aromatic heterocycles. The van der Waals surface area contributed by atoms with E-state index >= 15 is 0 Å². The minimum atomic E-state index is 0.515. The topological polar surface area (TPSA) is 50.3 Å². The fraction of sp³-hybridized carbons (Fsp3) is 0.600. The molecule has 26 heavy (non-hydrogen) atoms. The Morgan fingerprint density at radius 1 is 1.04 bits per heavy atom. The number of halogens is 1. The van der Waals surface area contributed by atoms with Crippen LogP contribution in [0.15, 0.2) is 12.1 Å². The van der Waals surface area contributed by atoms with E-state index in [-0.39, 0.29) is 0 Å². The van der Waals surface area contributed by atoms with E-state index in [0.29, 0.717) is 6.04 Å². The molecule has 2 aromatic rings. The Bertz CT molecular complexity index is 770. The fourth-order valence-corrected chi connectivity index (χ4v) is 4.73. The highest BCUT2D eigenvalue weighted by molar-refractivity contribution is 14.1. The first kappa shape index (κ1) is 18.1. The molecule has 4 rings (SSSR count). The second-order valence-corrected chi connectivity index (χ2v) is 8.57. The van der Waals surface area contributed by atoms with Gasteiger partial charge in [0.2, 0.25) is 5.95 Å². The second kappa shape index (κ2) is 8.15. The van der Waals surface area contributed by atoms with Gasteiger partial charge in [-0.25, -0.2) is 4.98 Å². The van der Waals surface area contributed by atoms with Crippen molar-refractivity contribution >= 4 is 45.3 Å². The average Bonchev–Trinajstić information content (AvgIpc) is 2.69. The van der Waals surface area contributed by atoms with Gasteiger partial charge in [0.05, 0.1) is 16.2 Å². The Balaban J connectivity index is 1.75. The number of hydrogen-bond donors (Lipinski definition) is 1. The Morgan fingerprint density at radius 2 is 1.77 bits per heavy atom. The summed E-state index contributed by atoms with van der Waals surface area (Å²) in [6.45, 7) is 2.11. The molecule has 0 unspecified atom stereocenters. The zero-order valence-corrected chi connectivity index (χ0v) is 17.6. The number of aromatic nitrogens is 2. The van der Waals surface area contributed by atoms with Gasteiger partial charge in [-0.05, 0) is 66.8 Å². The zero-order chi connectivity index (χ0) is 17.9. The van der Waals surface area contributed by atoms with E-state index in [0.717, 1.165) is 45.1 Å². The van der Waals surface area contributed by atoms with Crippen molar-refractivity contribution in [3.05, 3.63) is 15.7 Å². The van der Waals surface area contributed by atoms with Gasteiger partial charge in [-0.15, -0.1) is 0 Å². The van der Waals surface area contributed by atoms with Gasteiger partial charge in [-0.3, -0.25) is 0 Å². The van der Waals surface area contributed by atoms with Crippen LogP contribution in [0.4, 0.5) is 11.8 Å². The van der Waals surface area contributed by atoms with Crippen molar-refractivity contribution in [3.8, 4) is 5.75 Å². The summed E-state index contributed by atoms with van der Waals surface area (Å²) in [5.74, 6) is 2.73. The summed E-state index contributed by atoms with van der Waals surface area (Å²) in [7, 11) is 1.72. The van der Waals surface area contributed by atoms with Gasteiger partial charge in [-0.2, -0.15) is 4.98 Å². The van der Waals surface area contributed by atoms with Crippen LogP contribution in [0.25, 0.3) is 10.9 Å². The molecule has 0 atom stereocenters. The van der Waals surface area contributed by atoms with Gasteiger partial charge in [0.1, 0.15) is 11.6 Å². The third-order valence-electron chi connectivity index (χ3n) is 5.54. The molecule has 0 spiro atoms. The number of anilines is 2. The molecule has 2 aliphatic rings. The van der Waals surface area contributed by atoms with Crippen LogP contribution in [-0.4, -0.2) is 36.2 Å². The molecule has 1 aromatic carbocycles. The van der Waals surface area contributed by atoms with Crippen LogP contribution in [0, 0.1) is 3.57 Å². The molecule has 2 fully saturated rings. The van der Waals surface area contributed by atoms with Crippen molar-refractivity contribution in [2.24, 2.45) is 0 Å². The minimum Gasteiger partial charge on any atom is -0.496 e. The Labute approximate surface area is 169 Å². The predicted octanol–water partition coefficient (Wildman–Crippen LogP) is 4.98. The van der Waals surface area contributed by atoms with E-state index in [1.807, 2.05) is 0 Å². The van der Waals surface area contributed by atoms with Crippen molar-refractivity contribution in [1.82, 2.24) is 9.97 Å². The summed E-state index contributed by atoms with van der Waals surface area (Å²) >= 11 is 2.32. The number of fused-ring (bicyclic) bond motifs is 1. The third-order valence-corrected chi connectivity index (χ3v) is 6.39. The van der Waals surface area contributed by atoms with Gasteiger partial charge in [-0.1, -0.05) is 19.3 Å². The summed E-state index contributed by atoms with van der Waals surface area (Å²) in [6.07, 6.45) is 10.2. The Morgan fingerprint density at radius 3 is 2.50 bits per heavy atom. The molecule has 2 heterocycles. The summed E-state index contributed by atoms with van der Waals surface area (Å²) in [6, 6.07) is 4.72. The van der Waals surface area contributed by atoms with Crippen LogP contribution in [0.5, 0.6) is 5.75 Å². The summed E-state index contributed by atoms with van der Waals surface area (Å²) in [4.78, 5) is 12.2. The van der Waals surface area contributed by atoms with Crippen LogP contribution in [0.2, 0.25) is 0 Å². The minimum absolute atomic E-state index is 0.515. The van der Waals surface area contributed by atoms with Gasteiger partial charge < -0.3 is 15.0 Å². The number of nitrogens with one attached hydrogen (secondary N) is 1. The molecule has 1 saturated heterocycles. The normalized spacial score (nSPS) is 18.9. The van der Waals surface area contributed by atoms with Crippen molar-refractivity contribution < 1.29 is 4.74 Å². The van der Waals surface area contributed by atoms with Gasteiger partial charge >= 0.3 is 0 Å². The van der Waals surface area contributed by atoms with Crippen LogP contribution in [0.1, 0.15) is 51.4 Å². The maximum Gasteiger partial charge on any atom is 0.227 e. The first-order valence-corrected chi connectivity index (χ1v) is 10.9. The Kier molecular flexibility index (Phi) is 5.66. The van der Waals surface area contributed by atoms with Crippen molar-refractivity contribution in [1.29, 1.82) is 0 Å². The second-order valence-electron chi connectivity index (χ2n) is 7.40. The summed E-state index contributed by atoms with van der Waals surface area (Å²) < 4.78 is 6.63. The summed E-state index contributed by atoms with van der Waals surface area (Å²) in [5.41, 5.74) is 1.00. The lowest BCUT2D eigenvalue weighted by atomic mass is 9.95. The smallest absolute Gasteiger partial charge is 0.227 e. The predicted molar refractivity (Wildman–Crippen MR) is 115 cm³/mol. The SMILES string of the molecule is COc1cc2c(NC3CCCCC3)nc(N3CCCCC3)nc2cc1I. The van der Waals surface area contributed by atoms with Gasteiger partial charge in [0.15, 0.2) is 0 Å². The molecule has 5 nitrogen and oxygen atoms in total. The largest absolute Gasteiger partial charge is 0.496 e. The number of hydrogen-bond acceptors (Lipinski definition) is 5. The van der Waals surface area contributed by atoms with Gasteiger partial charge in [0, 0.05) is 24.5 Å². The molecule has 140 valence electrons. The monoisotopic (exact) mass is 466 g/mol. The highest BCUT2D eigenvalue weighted by Crippen LogP contribution is 2.33. The molecule has 0 radical (unpaired) electrons. The van der Waals surface area contributed by atoms with E-state index < -0.39 is 0 Å². The first-order chi connectivity index (χ1) is 12.7. The van der Waals surface area contributed by atoms with Crippen LogP contribution >= 0.6 is 22.6 Å². The molecule has 1 saturated carbocycles. The maximum absolute atomic E-state index is 5.54. The lowest BCUT2D eigenvalue weighted by molar-refractivity contribution is 0.412. The number of rotatable bonds is 4.